The van der Waals surface area contributed by atoms with Crippen LogP contribution in [0.2, 0.25) is 0 Å². The van der Waals surface area contributed by atoms with E-state index in [1.807, 2.05) is 6.07 Å². The van der Waals surface area contributed by atoms with E-state index in [0.29, 0.717) is 16.9 Å². The molecule has 0 aromatic heterocycles. The minimum Gasteiger partial charge on any atom is -0.496 e. The number of methoxy groups -OCH3 is 1. The molecular formula is C13H9NO3. The first-order valence-corrected chi connectivity index (χ1v) is 5.02. The molecule has 0 unspecified atom stereocenters. The van der Waals surface area contributed by atoms with Crippen LogP contribution in [-0.2, 0) is 6.42 Å². The third-order valence-corrected chi connectivity index (χ3v) is 2.62. The normalized spacial score (nSPS) is 13.2. The van der Waals surface area contributed by atoms with Crippen molar-refractivity contribution in [3.8, 4) is 11.8 Å². The number of hydrogen-bond donors (Lipinski definition) is 0. The summed E-state index contributed by atoms with van der Waals surface area (Å²) < 4.78 is 5.07. The Bertz CT molecular complexity index is 579. The number of carbonyl (C=O) groups is 2. The Morgan fingerprint density at radius 1 is 1.18 bits per heavy atom. The van der Waals surface area contributed by atoms with E-state index in [-0.39, 0.29) is 23.6 Å². The maximum Gasteiger partial charge on any atom is 0.190 e. The van der Waals surface area contributed by atoms with E-state index in [9.17, 15) is 9.59 Å². The third-order valence-electron chi connectivity index (χ3n) is 2.62. The van der Waals surface area contributed by atoms with Gasteiger partial charge in [0.1, 0.15) is 5.75 Å². The summed E-state index contributed by atoms with van der Waals surface area (Å²) in [5, 5.41) is 8.70. The topological polar surface area (TPSA) is 67.2 Å². The Kier molecular flexibility index (Phi) is 2.75. The molecule has 0 bridgehead atoms. The SMILES string of the molecule is COc1ccc(CC#N)c2c1C(=O)C=CC2=O. The first kappa shape index (κ1) is 11.1. The van der Waals surface area contributed by atoms with Crippen molar-refractivity contribution in [1.82, 2.24) is 0 Å². The Labute approximate surface area is 98.1 Å². The summed E-state index contributed by atoms with van der Waals surface area (Å²) in [5.74, 6) is -0.163. The highest BCUT2D eigenvalue weighted by atomic mass is 16.5. The van der Waals surface area contributed by atoms with Gasteiger partial charge in [0.15, 0.2) is 11.6 Å². The number of allylic oxidation sites excluding steroid dienone is 2. The van der Waals surface area contributed by atoms with E-state index in [1.54, 1.807) is 12.1 Å². The number of hydrogen-bond acceptors (Lipinski definition) is 4. The zero-order valence-corrected chi connectivity index (χ0v) is 9.19. The summed E-state index contributed by atoms with van der Waals surface area (Å²) in [4.78, 5) is 23.6. The Hall–Kier alpha value is -2.41. The highest BCUT2D eigenvalue weighted by Gasteiger charge is 2.25. The van der Waals surface area contributed by atoms with Crippen LogP contribution in [0.1, 0.15) is 26.3 Å². The number of nitriles is 1. The lowest BCUT2D eigenvalue weighted by Crippen LogP contribution is -2.15. The predicted octanol–water partition coefficient (Wildman–Crippen LogP) is 1.70. The molecule has 4 heteroatoms. The number of ketones is 2. The van der Waals surface area contributed by atoms with Gasteiger partial charge in [-0.25, -0.2) is 0 Å². The van der Waals surface area contributed by atoms with Gasteiger partial charge in [0.25, 0.3) is 0 Å². The van der Waals surface area contributed by atoms with Crippen molar-refractivity contribution in [3.63, 3.8) is 0 Å². The summed E-state index contributed by atoms with van der Waals surface area (Å²) in [5.41, 5.74) is 1.11. The van der Waals surface area contributed by atoms with E-state index < -0.39 is 0 Å². The van der Waals surface area contributed by atoms with Crippen molar-refractivity contribution < 1.29 is 14.3 Å². The number of fused-ring (bicyclic) bond motifs is 1. The van der Waals surface area contributed by atoms with Crippen LogP contribution in [-0.4, -0.2) is 18.7 Å². The molecule has 1 aliphatic carbocycles. The fourth-order valence-corrected chi connectivity index (χ4v) is 1.87. The summed E-state index contributed by atoms with van der Waals surface area (Å²) >= 11 is 0. The average molecular weight is 227 g/mol. The van der Waals surface area contributed by atoms with Gasteiger partial charge in [-0.2, -0.15) is 5.26 Å². The molecule has 0 saturated heterocycles. The number of nitrogens with zero attached hydrogens (tertiary/aromatic N) is 1. The van der Waals surface area contributed by atoms with Crippen LogP contribution < -0.4 is 4.74 Å². The fourth-order valence-electron chi connectivity index (χ4n) is 1.87. The van der Waals surface area contributed by atoms with Gasteiger partial charge in [-0.05, 0) is 23.8 Å². The van der Waals surface area contributed by atoms with Crippen LogP contribution >= 0.6 is 0 Å². The summed E-state index contributed by atoms with van der Waals surface area (Å²) in [6.07, 6.45) is 2.55. The number of ether oxygens (including phenoxy) is 1. The quantitative estimate of drug-likeness (QED) is 0.771. The van der Waals surface area contributed by atoms with Crippen molar-refractivity contribution in [2.45, 2.75) is 6.42 Å². The second-order valence-corrected chi connectivity index (χ2v) is 3.57. The zero-order chi connectivity index (χ0) is 12.4. The second-order valence-electron chi connectivity index (χ2n) is 3.57. The van der Waals surface area contributed by atoms with Crippen molar-refractivity contribution in [2.75, 3.05) is 7.11 Å². The lowest BCUT2D eigenvalue weighted by atomic mass is 9.89. The van der Waals surface area contributed by atoms with Crippen LogP contribution in [0.25, 0.3) is 0 Å². The zero-order valence-electron chi connectivity index (χ0n) is 9.19. The molecule has 0 saturated carbocycles. The molecule has 1 aromatic rings. The standard InChI is InChI=1S/C13H9NO3/c1-17-11-5-2-8(6-7-14)12-9(15)3-4-10(16)13(11)12/h2-5H,6H2,1H3. The molecular weight excluding hydrogens is 218 g/mol. The summed E-state index contributed by atoms with van der Waals surface area (Å²) in [7, 11) is 1.44. The van der Waals surface area contributed by atoms with Gasteiger partial charge in [-0.3, -0.25) is 9.59 Å². The molecule has 0 N–H and O–H groups in total. The highest BCUT2D eigenvalue weighted by Crippen LogP contribution is 2.29. The Morgan fingerprint density at radius 3 is 2.41 bits per heavy atom. The maximum atomic E-state index is 11.8. The molecule has 1 aliphatic rings. The molecule has 0 amide bonds. The molecule has 84 valence electrons. The number of benzene rings is 1. The maximum absolute atomic E-state index is 11.8. The minimum absolute atomic E-state index is 0.0964. The van der Waals surface area contributed by atoms with Crippen LogP contribution in [0.3, 0.4) is 0 Å². The van der Waals surface area contributed by atoms with Gasteiger partial charge in [-0.1, -0.05) is 6.07 Å². The number of rotatable bonds is 2. The smallest absolute Gasteiger partial charge is 0.190 e. The van der Waals surface area contributed by atoms with Crippen molar-refractivity contribution >= 4 is 11.6 Å². The Balaban J connectivity index is 2.74. The van der Waals surface area contributed by atoms with E-state index in [2.05, 4.69) is 0 Å². The van der Waals surface area contributed by atoms with Crippen LogP contribution in [0.15, 0.2) is 24.3 Å². The molecule has 1 aromatic carbocycles. The predicted molar refractivity (Wildman–Crippen MR) is 60.1 cm³/mol. The van der Waals surface area contributed by atoms with Gasteiger partial charge in [0.2, 0.25) is 0 Å². The largest absolute Gasteiger partial charge is 0.496 e. The summed E-state index contributed by atoms with van der Waals surface area (Å²) in [6, 6.07) is 5.23. The van der Waals surface area contributed by atoms with E-state index in [0.717, 1.165) is 0 Å². The highest BCUT2D eigenvalue weighted by molar-refractivity contribution is 6.23. The van der Waals surface area contributed by atoms with E-state index in [4.69, 9.17) is 10.00 Å². The van der Waals surface area contributed by atoms with E-state index >= 15 is 0 Å². The van der Waals surface area contributed by atoms with Crippen molar-refractivity contribution in [3.05, 3.63) is 41.0 Å². The molecule has 0 spiro atoms. The monoisotopic (exact) mass is 227 g/mol. The van der Waals surface area contributed by atoms with Gasteiger partial charge < -0.3 is 4.74 Å². The van der Waals surface area contributed by atoms with Gasteiger partial charge in [0.05, 0.1) is 25.2 Å². The Morgan fingerprint density at radius 2 is 1.82 bits per heavy atom. The lowest BCUT2D eigenvalue weighted by Gasteiger charge is -2.15. The van der Waals surface area contributed by atoms with Crippen molar-refractivity contribution in [2.24, 2.45) is 0 Å². The van der Waals surface area contributed by atoms with E-state index in [1.165, 1.54) is 19.3 Å². The van der Waals surface area contributed by atoms with Gasteiger partial charge in [0, 0.05) is 5.56 Å². The molecule has 0 atom stereocenters. The molecule has 17 heavy (non-hydrogen) atoms. The van der Waals surface area contributed by atoms with Gasteiger partial charge in [-0.15, -0.1) is 0 Å². The lowest BCUT2D eigenvalue weighted by molar-refractivity contribution is 0.0991. The molecule has 0 heterocycles. The molecule has 0 aliphatic heterocycles. The fraction of sp³-hybridized carbons (Fsp3) is 0.154. The molecule has 0 radical (unpaired) electrons. The second kappa shape index (κ2) is 4.22. The van der Waals surface area contributed by atoms with Crippen molar-refractivity contribution in [1.29, 1.82) is 5.26 Å². The first-order valence-electron chi connectivity index (χ1n) is 5.02. The average Bonchev–Trinajstić information content (AvgIpc) is 2.34. The molecule has 0 fully saturated rings. The van der Waals surface area contributed by atoms with Crippen LogP contribution in [0.5, 0.6) is 5.75 Å². The van der Waals surface area contributed by atoms with Crippen LogP contribution in [0, 0.1) is 11.3 Å². The first-order chi connectivity index (χ1) is 8.19. The number of carbonyl (C=O) groups excluding carboxylic acids is 2. The minimum atomic E-state index is -0.267. The van der Waals surface area contributed by atoms with Gasteiger partial charge >= 0.3 is 0 Å². The molecule has 2 rings (SSSR count). The summed E-state index contributed by atoms with van der Waals surface area (Å²) in [6.45, 7) is 0. The third kappa shape index (κ3) is 1.72. The van der Waals surface area contributed by atoms with Crippen LogP contribution in [0.4, 0.5) is 0 Å². The molecule has 4 nitrogen and oxygen atoms in total.